The van der Waals surface area contributed by atoms with Crippen LogP contribution in [0, 0.1) is 11.3 Å². The molecule has 0 saturated heterocycles. The van der Waals surface area contributed by atoms with Gasteiger partial charge in [0.15, 0.2) is 11.5 Å². The molecule has 0 fully saturated rings. The Kier molecular flexibility index (Phi) is 4.07. The molecule has 2 aromatic rings. The van der Waals surface area contributed by atoms with Gasteiger partial charge in [0.25, 0.3) is 5.56 Å². The summed E-state index contributed by atoms with van der Waals surface area (Å²) in [5.74, 6) is 1.20. The molecule has 23 heavy (non-hydrogen) atoms. The molecule has 0 aliphatic heterocycles. The van der Waals surface area contributed by atoms with Crippen molar-refractivity contribution >= 4 is 0 Å². The van der Waals surface area contributed by atoms with Gasteiger partial charge in [-0.3, -0.25) is 4.79 Å². The molecule has 1 aromatic heterocycles. The molecule has 0 atom stereocenters. The minimum Gasteiger partial charge on any atom is -0.493 e. The highest BCUT2D eigenvalue weighted by atomic mass is 16.5. The first-order chi connectivity index (χ1) is 11.2. The lowest BCUT2D eigenvalue weighted by Gasteiger charge is -2.20. The average Bonchev–Trinajstić information content (AvgIpc) is 2.59. The molecule has 0 unspecified atom stereocenters. The van der Waals surface area contributed by atoms with Crippen molar-refractivity contribution in [2.75, 3.05) is 14.2 Å². The number of pyridine rings is 1. The Balaban J connectivity index is 2.29. The number of aryl methyl sites for hydroxylation is 1. The van der Waals surface area contributed by atoms with Gasteiger partial charge < -0.3 is 14.5 Å². The van der Waals surface area contributed by atoms with Gasteiger partial charge in [-0.05, 0) is 48.9 Å². The molecule has 1 aliphatic carbocycles. The molecule has 0 saturated carbocycles. The van der Waals surface area contributed by atoms with Gasteiger partial charge in [0, 0.05) is 11.3 Å². The van der Waals surface area contributed by atoms with Crippen LogP contribution in [0.15, 0.2) is 23.0 Å². The zero-order valence-electron chi connectivity index (χ0n) is 13.2. The lowest BCUT2D eigenvalue weighted by molar-refractivity contribution is 0.355. The quantitative estimate of drug-likeness (QED) is 0.946. The van der Waals surface area contributed by atoms with Gasteiger partial charge in [0.1, 0.15) is 11.6 Å². The fourth-order valence-corrected chi connectivity index (χ4v) is 3.20. The second-order valence-electron chi connectivity index (χ2n) is 5.55. The van der Waals surface area contributed by atoms with E-state index >= 15 is 0 Å². The van der Waals surface area contributed by atoms with Crippen LogP contribution in [-0.4, -0.2) is 19.2 Å². The van der Waals surface area contributed by atoms with Crippen LogP contribution in [0.25, 0.3) is 11.1 Å². The number of nitriles is 1. The minimum absolute atomic E-state index is 0.165. The van der Waals surface area contributed by atoms with Crippen LogP contribution in [0.3, 0.4) is 0 Å². The number of methoxy groups -OCH3 is 2. The fourth-order valence-electron chi connectivity index (χ4n) is 3.20. The summed E-state index contributed by atoms with van der Waals surface area (Å²) in [6.07, 6.45) is 3.82. The third-order valence-corrected chi connectivity index (χ3v) is 4.30. The third kappa shape index (κ3) is 2.57. The molecule has 0 amide bonds. The predicted molar refractivity (Wildman–Crippen MR) is 87.0 cm³/mol. The summed E-state index contributed by atoms with van der Waals surface area (Å²) in [6.45, 7) is 0. The minimum atomic E-state index is -0.321. The van der Waals surface area contributed by atoms with E-state index in [1.165, 1.54) is 0 Å². The molecule has 1 N–H and O–H groups in total. The summed E-state index contributed by atoms with van der Waals surface area (Å²) in [4.78, 5) is 15.1. The number of aromatic nitrogens is 1. The van der Waals surface area contributed by atoms with Gasteiger partial charge in [-0.2, -0.15) is 5.26 Å². The van der Waals surface area contributed by atoms with Crippen LogP contribution < -0.4 is 15.0 Å². The first-order valence-electron chi connectivity index (χ1n) is 7.60. The van der Waals surface area contributed by atoms with E-state index in [0.29, 0.717) is 11.5 Å². The summed E-state index contributed by atoms with van der Waals surface area (Å²) >= 11 is 0. The first kappa shape index (κ1) is 15.2. The van der Waals surface area contributed by atoms with Crippen LogP contribution in [0.4, 0.5) is 0 Å². The second kappa shape index (κ2) is 6.17. The lowest BCUT2D eigenvalue weighted by Crippen LogP contribution is -2.20. The van der Waals surface area contributed by atoms with Crippen molar-refractivity contribution in [1.82, 2.24) is 4.98 Å². The van der Waals surface area contributed by atoms with E-state index in [4.69, 9.17) is 9.47 Å². The molecule has 5 heteroatoms. The first-order valence-corrected chi connectivity index (χ1v) is 7.60. The Morgan fingerprint density at radius 3 is 2.57 bits per heavy atom. The summed E-state index contributed by atoms with van der Waals surface area (Å²) in [5.41, 5.74) is 3.40. The Hall–Kier alpha value is -2.74. The van der Waals surface area contributed by atoms with Crippen molar-refractivity contribution < 1.29 is 9.47 Å². The number of aromatic amines is 1. The fraction of sp³-hybridized carbons (Fsp3) is 0.333. The zero-order chi connectivity index (χ0) is 16.4. The standard InChI is InChI=1S/C18H18N2O3/c1-22-15-8-7-11(9-16(15)23-2)17-12-5-3-4-6-14(12)20-18(21)13(17)10-19/h7-9H,3-6H2,1-2H3,(H,20,21). The molecular formula is C18H18N2O3. The number of H-pyrrole nitrogens is 1. The van der Waals surface area contributed by atoms with Crippen LogP contribution in [0.2, 0.25) is 0 Å². The van der Waals surface area contributed by atoms with Crippen molar-refractivity contribution in [3.05, 3.63) is 45.4 Å². The van der Waals surface area contributed by atoms with Crippen LogP contribution in [0.5, 0.6) is 11.5 Å². The Morgan fingerprint density at radius 1 is 1.13 bits per heavy atom. The number of ether oxygens (including phenoxy) is 2. The number of nitrogens with one attached hydrogen (secondary N) is 1. The molecule has 0 radical (unpaired) electrons. The average molecular weight is 310 g/mol. The maximum Gasteiger partial charge on any atom is 0.266 e. The van der Waals surface area contributed by atoms with E-state index in [9.17, 15) is 10.1 Å². The van der Waals surface area contributed by atoms with Crippen molar-refractivity contribution in [2.45, 2.75) is 25.7 Å². The van der Waals surface area contributed by atoms with Crippen molar-refractivity contribution in [3.8, 4) is 28.7 Å². The molecule has 3 rings (SSSR count). The molecule has 0 bridgehead atoms. The summed E-state index contributed by atoms with van der Waals surface area (Å²) < 4.78 is 10.6. The number of hydrogen-bond donors (Lipinski definition) is 1. The largest absolute Gasteiger partial charge is 0.493 e. The lowest BCUT2D eigenvalue weighted by atomic mass is 9.87. The van der Waals surface area contributed by atoms with Gasteiger partial charge in [-0.1, -0.05) is 6.07 Å². The molecule has 118 valence electrons. The van der Waals surface area contributed by atoms with Crippen LogP contribution >= 0.6 is 0 Å². The van der Waals surface area contributed by atoms with Crippen LogP contribution in [-0.2, 0) is 12.8 Å². The molecule has 1 aromatic carbocycles. The van der Waals surface area contributed by atoms with E-state index in [1.54, 1.807) is 20.3 Å². The van der Waals surface area contributed by atoms with E-state index < -0.39 is 0 Å². The Morgan fingerprint density at radius 2 is 1.87 bits per heavy atom. The smallest absolute Gasteiger partial charge is 0.266 e. The highest BCUT2D eigenvalue weighted by molar-refractivity contribution is 5.76. The molecule has 1 aliphatic rings. The Bertz CT molecular complexity index is 847. The normalized spacial score (nSPS) is 13.1. The number of rotatable bonds is 3. The number of hydrogen-bond acceptors (Lipinski definition) is 4. The Labute approximate surface area is 134 Å². The van der Waals surface area contributed by atoms with E-state index in [-0.39, 0.29) is 11.1 Å². The number of fused-ring (bicyclic) bond motifs is 1. The molecule has 1 heterocycles. The second-order valence-corrected chi connectivity index (χ2v) is 5.55. The van der Waals surface area contributed by atoms with E-state index in [1.807, 2.05) is 12.1 Å². The third-order valence-electron chi connectivity index (χ3n) is 4.30. The summed E-state index contributed by atoms with van der Waals surface area (Å²) in [7, 11) is 3.15. The topological polar surface area (TPSA) is 75.1 Å². The van der Waals surface area contributed by atoms with E-state index in [2.05, 4.69) is 11.1 Å². The molecule has 5 nitrogen and oxygen atoms in total. The highest BCUT2D eigenvalue weighted by Crippen LogP contribution is 2.36. The maximum absolute atomic E-state index is 12.3. The number of benzene rings is 1. The molecular weight excluding hydrogens is 292 g/mol. The van der Waals surface area contributed by atoms with Crippen molar-refractivity contribution in [2.24, 2.45) is 0 Å². The maximum atomic E-state index is 12.3. The summed E-state index contributed by atoms with van der Waals surface area (Å²) in [6, 6.07) is 7.55. The molecule has 0 spiro atoms. The van der Waals surface area contributed by atoms with Gasteiger partial charge >= 0.3 is 0 Å². The van der Waals surface area contributed by atoms with Crippen molar-refractivity contribution in [3.63, 3.8) is 0 Å². The van der Waals surface area contributed by atoms with Crippen molar-refractivity contribution in [1.29, 1.82) is 5.26 Å². The monoisotopic (exact) mass is 310 g/mol. The zero-order valence-corrected chi connectivity index (χ0v) is 13.2. The van der Waals surface area contributed by atoms with Gasteiger partial charge in [0.2, 0.25) is 0 Å². The van der Waals surface area contributed by atoms with Gasteiger partial charge in [0.05, 0.1) is 14.2 Å². The summed E-state index contributed by atoms with van der Waals surface area (Å²) in [5, 5.41) is 9.46. The van der Waals surface area contributed by atoms with Gasteiger partial charge in [-0.25, -0.2) is 0 Å². The van der Waals surface area contributed by atoms with E-state index in [0.717, 1.165) is 48.1 Å². The van der Waals surface area contributed by atoms with Crippen LogP contribution in [0.1, 0.15) is 29.7 Å². The predicted octanol–water partition coefficient (Wildman–Crippen LogP) is 2.81. The van der Waals surface area contributed by atoms with Gasteiger partial charge in [-0.15, -0.1) is 0 Å². The SMILES string of the molecule is COc1ccc(-c2c3c([nH]c(=O)c2C#N)CCCC3)cc1OC. The number of nitrogens with zero attached hydrogens (tertiary/aromatic N) is 1. The highest BCUT2D eigenvalue weighted by Gasteiger charge is 2.22.